The molecule has 0 amide bonds. The van der Waals surface area contributed by atoms with Gasteiger partial charge in [0.15, 0.2) is 0 Å². The van der Waals surface area contributed by atoms with Crippen molar-refractivity contribution in [3.8, 4) is 0 Å². The number of aromatic amines is 1. The number of rotatable bonds is 10. The Morgan fingerprint density at radius 3 is 2.56 bits per heavy atom. The second-order valence-electron chi connectivity index (χ2n) is 6.77. The summed E-state index contributed by atoms with van der Waals surface area (Å²) in [6.07, 6.45) is -1.44. The summed E-state index contributed by atoms with van der Waals surface area (Å²) in [5.41, 5.74) is 7.35. The third-order valence-corrected chi connectivity index (χ3v) is 10.1. The van der Waals surface area contributed by atoms with Gasteiger partial charge in [-0.2, -0.15) is 8.78 Å². The Hall–Kier alpha value is -1.64. The maximum Gasteiger partial charge on any atom is 0.444 e. The van der Waals surface area contributed by atoms with Crippen molar-refractivity contribution in [1.82, 2.24) is 9.55 Å². The monoisotopic (exact) mass is 549 g/mol. The van der Waals surface area contributed by atoms with Crippen LogP contribution in [-0.4, -0.2) is 58.2 Å². The molecule has 1 saturated heterocycles. The molecule has 2 heterocycles. The highest BCUT2D eigenvalue weighted by Crippen LogP contribution is 2.78. The minimum absolute atomic E-state index is 0.139. The number of hydrogen-bond donors (Lipinski definition) is 3. The lowest BCUT2D eigenvalue weighted by Gasteiger charge is -2.33. The Morgan fingerprint density at radius 1 is 1.38 bits per heavy atom. The number of aryl methyl sites for hydroxylation is 1. The Kier molecular flexibility index (Phi) is 8.54. The molecule has 3 N–H and O–H groups in total. The molecule has 3 radical (unpaired) electrons. The van der Waals surface area contributed by atoms with Gasteiger partial charge in [-0.1, -0.05) is 5.11 Å². The molecule has 22 heteroatoms. The molecule has 1 aromatic rings. The second kappa shape index (κ2) is 10.2. The van der Waals surface area contributed by atoms with Gasteiger partial charge in [-0.25, -0.2) is 4.79 Å². The van der Waals surface area contributed by atoms with E-state index < -0.39 is 64.3 Å². The molecule has 0 aromatic carbocycles. The molecule has 0 aliphatic carbocycles. The Bertz CT molecular complexity index is 1250. The van der Waals surface area contributed by atoms with Crippen LogP contribution in [0.15, 0.2) is 20.9 Å². The van der Waals surface area contributed by atoms with Crippen LogP contribution in [0.4, 0.5) is 8.78 Å². The van der Waals surface area contributed by atoms with Crippen molar-refractivity contribution in [1.29, 1.82) is 0 Å². The van der Waals surface area contributed by atoms with Gasteiger partial charge >= 0.3 is 26.3 Å². The minimum Gasteiger partial charge on any atom is -0.443 e. The molecular formula is C12H17BF2N5O11P3-. The number of halogens is 2. The first-order chi connectivity index (χ1) is 15.5. The quantitative estimate of drug-likeness (QED) is 0.125. The molecule has 0 bridgehead atoms. The Balaban J connectivity index is 2.20. The molecule has 0 saturated carbocycles. The van der Waals surface area contributed by atoms with Gasteiger partial charge in [0.25, 0.3) is 5.56 Å². The summed E-state index contributed by atoms with van der Waals surface area (Å²) >= 11 is 0. The van der Waals surface area contributed by atoms with Crippen LogP contribution in [0.1, 0.15) is 18.2 Å². The van der Waals surface area contributed by atoms with Crippen molar-refractivity contribution in [3.05, 3.63) is 43.0 Å². The summed E-state index contributed by atoms with van der Waals surface area (Å²) in [4.78, 5) is 46.7. The first-order valence-corrected chi connectivity index (χ1v) is 13.6. The van der Waals surface area contributed by atoms with E-state index in [0.29, 0.717) is 7.11 Å². The molecule has 0 spiro atoms. The van der Waals surface area contributed by atoms with Crippen molar-refractivity contribution in [3.63, 3.8) is 0 Å². The fourth-order valence-electron chi connectivity index (χ4n) is 2.70. The van der Waals surface area contributed by atoms with E-state index in [-0.39, 0.29) is 12.0 Å². The largest absolute Gasteiger partial charge is 0.444 e. The number of ether oxygens (including phenoxy) is 1. The van der Waals surface area contributed by atoms with Crippen LogP contribution in [-0.2, 0) is 31.8 Å². The van der Waals surface area contributed by atoms with E-state index >= 15 is 0 Å². The van der Waals surface area contributed by atoms with Gasteiger partial charge in [0.05, 0.1) is 26.2 Å². The van der Waals surface area contributed by atoms with Gasteiger partial charge in [-0.05, 0) is 12.5 Å². The zero-order valence-corrected chi connectivity index (χ0v) is 19.9. The van der Waals surface area contributed by atoms with Crippen LogP contribution >= 0.6 is 22.7 Å². The molecule has 16 nitrogen and oxygen atoms in total. The van der Waals surface area contributed by atoms with Gasteiger partial charge in [0.2, 0.25) is 0 Å². The summed E-state index contributed by atoms with van der Waals surface area (Å²) in [7, 11) is -12.4. The number of nitrogens with zero attached hydrogens (tertiary/aromatic N) is 4. The zero-order valence-electron chi connectivity index (χ0n) is 17.3. The number of aromatic nitrogens is 2. The van der Waals surface area contributed by atoms with Gasteiger partial charge in [-0.15, -0.1) is 0 Å². The molecule has 1 aromatic heterocycles. The molecule has 2 unspecified atom stereocenters. The van der Waals surface area contributed by atoms with E-state index in [1.165, 1.54) is 6.92 Å². The van der Waals surface area contributed by atoms with Crippen LogP contribution < -0.4 is 11.2 Å². The predicted octanol–water partition coefficient (Wildman–Crippen LogP) is 1.69. The number of alkyl halides is 2. The van der Waals surface area contributed by atoms with Gasteiger partial charge < -0.3 is 35.7 Å². The van der Waals surface area contributed by atoms with E-state index in [1.807, 2.05) is 4.98 Å². The predicted molar refractivity (Wildman–Crippen MR) is 110 cm³/mol. The number of H-pyrrole nitrogens is 1. The van der Waals surface area contributed by atoms with Crippen LogP contribution in [0.2, 0.25) is 0 Å². The highest BCUT2D eigenvalue weighted by molar-refractivity contribution is 7.86. The SMILES string of the molecule is [B-][P@](=O)(OC[C@H]1O[C@@H](n2cc(C)c(=O)[nH]c2=O)C[C@@H]1N=[N+]=[N-])OP(=O)(O)C(F)(F)P(=O)(O)OC. The number of hydrogen-bond acceptors (Lipinski definition) is 10. The van der Waals surface area contributed by atoms with Crippen LogP contribution in [0, 0.1) is 6.92 Å². The standard InChI is InChI=1S/C12H17BF2N5O11P3/c1-6-4-20(11(22)17-10(6)21)9-3-7(18-19-16)8(30-9)5-29-34(13,27)31-33(25,26)12(14,15)32(23,24)28-2/h4,7-9H,3,5H2,1-2H3,(H,23,24)(H,25,26)(H,17,21,22)/q-1/t7-,8+,9+,34-/m0/s1. The summed E-state index contributed by atoms with van der Waals surface area (Å²) in [5.74, 6) is 0. The lowest BCUT2D eigenvalue weighted by atomic mass is 10.1. The summed E-state index contributed by atoms with van der Waals surface area (Å²) in [5, 5.41) is -2.00. The smallest absolute Gasteiger partial charge is 0.443 e. The van der Waals surface area contributed by atoms with Crippen LogP contribution in [0.25, 0.3) is 10.4 Å². The lowest BCUT2D eigenvalue weighted by Crippen LogP contribution is -2.33. The summed E-state index contributed by atoms with van der Waals surface area (Å²) < 4.78 is 81.7. The average molecular weight is 549 g/mol. The third kappa shape index (κ3) is 5.95. The summed E-state index contributed by atoms with van der Waals surface area (Å²) in [6, 6.07) is -1.09. The fraction of sp³-hybridized carbons (Fsp3) is 0.667. The van der Waals surface area contributed by atoms with Crippen molar-refractivity contribution in [2.45, 2.75) is 37.1 Å². The van der Waals surface area contributed by atoms with E-state index in [0.717, 1.165) is 10.8 Å². The van der Waals surface area contributed by atoms with Gasteiger partial charge in [0.1, 0.15) is 6.23 Å². The highest BCUT2D eigenvalue weighted by atomic mass is 31.3. The third-order valence-electron chi connectivity index (χ3n) is 4.43. The van der Waals surface area contributed by atoms with Crippen molar-refractivity contribution in [2.24, 2.45) is 5.11 Å². The molecule has 1 aliphatic rings. The van der Waals surface area contributed by atoms with Gasteiger partial charge in [0, 0.05) is 30.2 Å². The zero-order chi connectivity index (χ0) is 26.1. The second-order valence-corrected chi connectivity index (χ2v) is 12.7. The maximum atomic E-state index is 13.9. The molecule has 1 aliphatic heterocycles. The number of azide groups is 1. The Morgan fingerprint density at radius 2 is 2.00 bits per heavy atom. The average Bonchev–Trinajstić information content (AvgIpc) is 3.11. The van der Waals surface area contributed by atoms with Crippen molar-refractivity contribution >= 4 is 30.2 Å². The summed E-state index contributed by atoms with van der Waals surface area (Å²) in [6.45, 7) is 0.479. The van der Waals surface area contributed by atoms with Crippen LogP contribution in [0.3, 0.4) is 0 Å². The first-order valence-electron chi connectivity index (χ1n) is 8.83. The van der Waals surface area contributed by atoms with Crippen LogP contribution in [0.5, 0.6) is 0 Å². The molecule has 34 heavy (non-hydrogen) atoms. The normalized spacial score (nSPS) is 26.1. The van der Waals surface area contributed by atoms with E-state index in [2.05, 4.69) is 23.4 Å². The van der Waals surface area contributed by atoms with E-state index in [4.69, 9.17) is 22.7 Å². The maximum absolute atomic E-state index is 13.9. The number of nitrogens with one attached hydrogen (secondary N) is 1. The van der Waals surface area contributed by atoms with E-state index in [1.54, 1.807) is 0 Å². The van der Waals surface area contributed by atoms with Crippen molar-refractivity contribution < 1.29 is 50.4 Å². The molecule has 189 valence electrons. The molecule has 2 rings (SSSR count). The highest BCUT2D eigenvalue weighted by Gasteiger charge is 2.66. The van der Waals surface area contributed by atoms with Crippen molar-refractivity contribution in [2.75, 3.05) is 13.7 Å². The molecular weight excluding hydrogens is 532 g/mol. The van der Waals surface area contributed by atoms with Gasteiger partial charge in [-0.3, -0.25) is 27.8 Å². The fourth-order valence-corrected chi connectivity index (χ4v) is 6.94. The lowest BCUT2D eigenvalue weighted by molar-refractivity contribution is -0.0232. The van der Waals surface area contributed by atoms with E-state index in [9.17, 15) is 37.0 Å². The molecule has 1 fully saturated rings. The molecule has 6 atom stereocenters. The topological polar surface area (TPSA) is 232 Å². The minimum atomic E-state index is -6.51. The Labute approximate surface area is 189 Å². The first kappa shape index (κ1) is 28.6.